The van der Waals surface area contributed by atoms with E-state index in [2.05, 4.69) is 256 Å². The Labute approximate surface area is 382 Å². The van der Waals surface area contributed by atoms with E-state index in [1.807, 2.05) is 0 Å². The average Bonchev–Trinajstić information content (AvgIpc) is 3.83. The lowest BCUT2D eigenvalue weighted by Gasteiger charge is -2.33. The van der Waals surface area contributed by atoms with Gasteiger partial charge in [0.05, 0.1) is 5.41 Å². The summed E-state index contributed by atoms with van der Waals surface area (Å²) in [6.07, 6.45) is 0. The van der Waals surface area contributed by atoms with Gasteiger partial charge in [0, 0.05) is 34.1 Å². The lowest BCUT2D eigenvalue weighted by molar-refractivity contribution is 0.801. The minimum absolute atomic E-state index is 0.452. The Kier molecular flexibility index (Phi) is 9.14. The molecule has 0 radical (unpaired) electrons. The fourth-order valence-electron chi connectivity index (χ4n) is 11.2. The number of rotatable bonds is 8. The van der Waals surface area contributed by atoms with Crippen LogP contribution in [0, 0.1) is 0 Å². The van der Waals surface area contributed by atoms with Crippen LogP contribution in [0.15, 0.2) is 218 Å². The zero-order valence-electron chi connectivity index (χ0n) is 37.3. The topological polar surface area (TPSA) is 6.48 Å². The van der Waals surface area contributed by atoms with E-state index in [4.69, 9.17) is 0 Å². The molecule has 0 aliphatic heterocycles. The summed E-state index contributed by atoms with van der Waals surface area (Å²) < 4.78 is 0. The molecule has 0 amide bonds. The second kappa shape index (κ2) is 15.2. The van der Waals surface area contributed by atoms with E-state index in [0.29, 0.717) is 11.8 Å². The van der Waals surface area contributed by atoms with E-state index in [9.17, 15) is 0 Å². The van der Waals surface area contributed by atoms with E-state index in [0.717, 1.165) is 34.1 Å². The summed E-state index contributed by atoms with van der Waals surface area (Å²) in [5.74, 6) is 0.910. The maximum Gasteiger partial charge on any atom is 0.0732 e. The normalized spacial score (nSPS) is 13.0. The molecular formula is C63H50N2. The van der Waals surface area contributed by atoms with Gasteiger partial charge in [0.1, 0.15) is 0 Å². The van der Waals surface area contributed by atoms with Crippen LogP contribution >= 0.6 is 0 Å². The molecule has 2 nitrogen and oxygen atoms in total. The maximum absolute atomic E-state index is 2.52. The van der Waals surface area contributed by atoms with Crippen molar-refractivity contribution in [3.63, 3.8) is 0 Å². The zero-order chi connectivity index (χ0) is 43.8. The summed E-state index contributed by atoms with van der Waals surface area (Å²) in [6, 6.07) is 81.9. The SMILES string of the molecule is CC(C)c1ccc(N(c2ccccc2)c2ccc3c(c2)C2(c4ccccc4-c4ccccc42)c2c-3c3ccccc3c3cc(N(c4ccccc4)c4ccc(C(C)C)cc4)ccc23)cc1. The van der Waals surface area contributed by atoms with Crippen molar-refractivity contribution in [1.29, 1.82) is 0 Å². The van der Waals surface area contributed by atoms with Crippen LogP contribution in [0.3, 0.4) is 0 Å². The molecule has 0 fully saturated rings. The first-order valence-corrected chi connectivity index (χ1v) is 23.2. The van der Waals surface area contributed by atoms with Crippen LogP contribution in [0.1, 0.15) is 72.9 Å². The molecule has 0 saturated carbocycles. The third-order valence-corrected chi connectivity index (χ3v) is 14.2. The highest BCUT2D eigenvalue weighted by Crippen LogP contribution is 2.66. The molecule has 2 aliphatic rings. The van der Waals surface area contributed by atoms with Crippen LogP contribution in [-0.2, 0) is 5.41 Å². The number of nitrogens with zero attached hydrogens (tertiary/aromatic N) is 2. The van der Waals surface area contributed by atoms with E-state index < -0.39 is 5.41 Å². The van der Waals surface area contributed by atoms with Gasteiger partial charge in [-0.3, -0.25) is 0 Å². The van der Waals surface area contributed by atoms with Crippen molar-refractivity contribution in [2.24, 2.45) is 0 Å². The molecule has 10 aromatic rings. The van der Waals surface area contributed by atoms with Gasteiger partial charge < -0.3 is 9.80 Å². The van der Waals surface area contributed by atoms with Gasteiger partial charge in [-0.15, -0.1) is 0 Å². The maximum atomic E-state index is 2.52. The molecule has 0 saturated heterocycles. The van der Waals surface area contributed by atoms with Crippen LogP contribution in [0.2, 0.25) is 0 Å². The van der Waals surface area contributed by atoms with Gasteiger partial charge in [-0.1, -0.05) is 173 Å². The summed E-state index contributed by atoms with van der Waals surface area (Å²) in [4.78, 5) is 4.84. The summed E-state index contributed by atoms with van der Waals surface area (Å²) in [5.41, 5.74) is 19.5. The van der Waals surface area contributed by atoms with Gasteiger partial charge >= 0.3 is 0 Å². The monoisotopic (exact) mass is 834 g/mol. The quantitative estimate of drug-likeness (QED) is 0.141. The number of hydrogen-bond acceptors (Lipinski definition) is 2. The molecule has 0 aromatic heterocycles. The summed E-state index contributed by atoms with van der Waals surface area (Å²) in [6.45, 7) is 9.04. The molecule has 0 bridgehead atoms. The molecule has 1 spiro atoms. The molecule has 2 aliphatic carbocycles. The molecule has 0 unspecified atom stereocenters. The van der Waals surface area contributed by atoms with Crippen LogP contribution in [0.4, 0.5) is 34.1 Å². The first-order chi connectivity index (χ1) is 31.9. The smallest absolute Gasteiger partial charge is 0.0732 e. The highest BCUT2D eigenvalue weighted by molar-refractivity contribution is 6.20. The van der Waals surface area contributed by atoms with Gasteiger partial charge in [-0.2, -0.15) is 0 Å². The molecule has 0 atom stereocenters. The van der Waals surface area contributed by atoms with E-state index in [1.165, 1.54) is 77.2 Å². The lowest BCUT2D eigenvalue weighted by atomic mass is 9.69. The average molecular weight is 835 g/mol. The lowest BCUT2D eigenvalue weighted by Crippen LogP contribution is -2.26. The Hall–Kier alpha value is -7.68. The Morgan fingerprint density at radius 2 is 0.738 bits per heavy atom. The van der Waals surface area contributed by atoms with Gasteiger partial charge in [0.25, 0.3) is 0 Å². The minimum atomic E-state index is -0.576. The molecule has 312 valence electrons. The van der Waals surface area contributed by atoms with Gasteiger partial charge in [0.2, 0.25) is 0 Å². The third kappa shape index (κ3) is 5.94. The summed E-state index contributed by atoms with van der Waals surface area (Å²) in [5, 5.41) is 5.06. The Morgan fingerprint density at radius 1 is 0.308 bits per heavy atom. The highest BCUT2D eigenvalue weighted by Gasteiger charge is 2.53. The second-order valence-corrected chi connectivity index (χ2v) is 18.4. The minimum Gasteiger partial charge on any atom is -0.310 e. The number of fused-ring (bicyclic) bond motifs is 15. The van der Waals surface area contributed by atoms with Crippen molar-refractivity contribution in [2.45, 2.75) is 44.9 Å². The van der Waals surface area contributed by atoms with E-state index in [1.54, 1.807) is 0 Å². The summed E-state index contributed by atoms with van der Waals surface area (Å²) in [7, 11) is 0. The van der Waals surface area contributed by atoms with Crippen molar-refractivity contribution in [3.05, 3.63) is 252 Å². The standard InChI is InChI=1S/C63H50N2/c1-41(2)43-27-31-47(32-28-43)64(45-17-7-5-8-18-45)49-35-37-55-57(39-49)51-21-11-12-24-54(51)61-56-38-36-50(65(46-19-9-6-10-20-46)48-33-29-44(30-34-48)42(3)4)40-60(56)63(62(55)61)58-25-15-13-22-52(58)53-23-14-16-26-59(53)63/h5-42H,1-4H3. The first-order valence-electron chi connectivity index (χ1n) is 23.2. The van der Waals surface area contributed by atoms with Crippen molar-refractivity contribution in [3.8, 4) is 22.3 Å². The largest absolute Gasteiger partial charge is 0.310 e. The number of para-hydroxylation sites is 2. The third-order valence-electron chi connectivity index (χ3n) is 14.2. The van der Waals surface area contributed by atoms with Crippen LogP contribution in [0.25, 0.3) is 43.8 Å². The Bertz CT molecular complexity index is 3370. The number of hydrogen-bond donors (Lipinski definition) is 0. The molecule has 2 heteroatoms. The fourth-order valence-corrected chi connectivity index (χ4v) is 11.2. The number of benzene rings is 10. The molecule has 12 rings (SSSR count). The van der Waals surface area contributed by atoms with Crippen molar-refractivity contribution >= 4 is 55.7 Å². The van der Waals surface area contributed by atoms with Crippen LogP contribution in [0.5, 0.6) is 0 Å². The molecule has 65 heavy (non-hydrogen) atoms. The molecule has 0 N–H and O–H groups in total. The summed E-state index contributed by atoms with van der Waals surface area (Å²) >= 11 is 0. The number of anilines is 6. The van der Waals surface area contributed by atoms with E-state index >= 15 is 0 Å². The van der Waals surface area contributed by atoms with Crippen LogP contribution in [-0.4, -0.2) is 0 Å². The predicted molar refractivity (Wildman–Crippen MR) is 275 cm³/mol. The molecular weight excluding hydrogens is 785 g/mol. The van der Waals surface area contributed by atoms with Gasteiger partial charge in [-0.05, 0) is 162 Å². The van der Waals surface area contributed by atoms with Gasteiger partial charge in [-0.25, -0.2) is 0 Å². The van der Waals surface area contributed by atoms with Crippen LogP contribution < -0.4 is 9.80 Å². The van der Waals surface area contributed by atoms with E-state index in [-0.39, 0.29) is 0 Å². The zero-order valence-corrected chi connectivity index (χ0v) is 37.3. The van der Waals surface area contributed by atoms with Crippen molar-refractivity contribution in [1.82, 2.24) is 0 Å². The Balaban J connectivity index is 1.16. The Morgan fingerprint density at radius 3 is 1.28 bits per heavy atom. The molecule has 0 heterocycles. The van der Waals surface area contributed by atoms with Crippen molar-refractivity contribution in [2.75, 3.05) is 9.80 Å². The first kappa shape index (κ1) is 39.0. The molecule has 10 aromatic carbocycles. The fraction of sp³-hybridized carbons (Fsp3) is 0.111. The second-order valence-electron chi connectivity index (χ2n) is 18.4. The highest BCUT2D eigenvalue weighted by atomic mass is 15.1. The van der Waals surface area contributed by atoms with Gasteiger partial charge in [0.15, 0.2) is 0 Å². The van der Waals surface area contributed by atoms with Crippen molar-refractivity contribution < 1.29 is 0 Å². The predicted octanol–water partition coefficient (Wildman–Crippen LogP) is 17.5.